The average molecular weight is 197 g/mol. The number of ketones is 1. The molecule has 0 aromatic rings. The molecule has 0 amide bonds. The Morgan fingerprint density at radius 1 is 1.29 bits per heavy atom. The van der Waals surface area contributed by atoms with Gasteiger partial charge >= 0.3 is 0 Å². The lowest BCUT2D eigenvalue weighted by atomic mass is 9.81. The summed E-state index contributed by atoms with van der Waals surface area (Å²) in [5.41, 5.74) is 0. The summed E-state index contributed by atoms with van der Waals surface area (Å²) >= 11 is 0. The zero-order valence-corrected chi connectivity index (χ0v) is 9.68. The highest BCUT2D eigenvalue weighted by atomic mass is 16.1. The van der Waals surface area contributed by atoms with E-state index in [4.69, 9.17) is 0 Å². The standard InChI is InChI=1S/C12H23NO/c1-9(2)8-12(14)10-4-6-11(13-3)7-5-10/h9-11,13H,4-8H2,1-3H3. The van der Waals surface area contributed by atoms with Crippen molar-refractivity contribution in [1.29, 1.82) is 0 Å². The molecule has 0 heterocycles. The van der Waals surface area contributed by atoms with Gasteiger partial charge in [0.1, 0.15) is 5.78 Å². The van der Waals surface area contributed by atoms with Crippen molar-refractivity contribution in [2.45, 2.75) is 52.0 Å². The highest BCUT2D eigenvalue weighted by molar-refractivity contribution is 5.81. The van der Waals surface area contributed by atoms with Gasteiger partial charge in [0.2, 0.25) is 0 Å². The lowest BCUT2D eigenvalue weighted by molar-refractivity contribution is -0.124. The smallest absolute Gasteiger partial charge is 0.136 e. The molecule has 0 saturated heterocycles. The van der Waals surface area contributed by atoms with E-state index in [1.54, 1.807) is 0 Å². The summed E-state index contributed by atoms with van der Waals surface area (Å²) in [5.74, 6) is 1.38. The van der Waals surface area contributed by atoms with E-state index < -0.39 is 0 Å². The number of carbonyl (C=O) groups is 1. The van der Waals surface area contributed by atoms with Crippen molar-refractivity contribution in [3.63, 3.8) is 0 Å². The molecule has 2 nitrogen and oxygen atoms in total. The Labute approximate surface area is 87.5 Å². The Bertz CT molecular complexity index is 181. The molecule has 1 rings (SSSR count). The van der Waals surface area contributed by atoms with Crippen LogP contribution in [0.4, 0.5) is 0 Å². The average Bonchev–Trinajstić information content (AvgIpc) is 2.17. The van der Waals surface area contributed by atoms with Crippen LogP contribution in [0.3, 0.4) is 0 Å². The first-order chi connectivity index (χ1) is 6.63. The molecule has 1 fully saturated rings. The Balaban J connectivity index is 2.30. The maximum atomic E-state index is 11.8. The molecule has 14 heavy (non-hydrogen) atoms. The molecule has 0 radical (unpaired) electrons. The van der Waals surface area contributed by atoms with Crippen LogP contribution in [0, 0.1) is 11.8 Å². The van der Waals surface area contributed by atoms with Gasteiger partial charge in [-0.3, -0.25) is 4.79 Å². The minimum atomic E-state index is 0.363. The van der Waals surface area contributed by atoms with Gasteiger partial charge in [0.05, 0.1) is 0 Å². The van der Waals surface area contributed by atoms with Crippen LogP contribution in [-0.4, -0.2) is 18.9 Å². The highest BCUT2D eigenvalue weighted by Gasteiger charge is 2.25. The van der Waals surface area contributed by atoms with Crippen LogP contribution in [0.5, 0.6) is 0 Å². The van der Waals surface area contributed by atoms with E-state index in [1.807, 2.05) is 7.05 Å². The first kappa shape index (κ1) is 11.7. The summed E-state index contributed by atoms with van der Waals surface area (Å²) in [4.78, 5) is 11.8. The fraction of sp³-hybridized carbons (Fsp3) is 0.917. The Morgan fingerprint density at radius 3 is 2.29 bits per heavy atom. The van der Waals surface area contributed by atoms with Gasteiger partial charge in [-0.1, -0.05) is 13.8 Å². The van der Waals surface area contributed by atoms with E-state index in [2.05, 4.69) is 19.2 Å². The number of nitrogens with one attached hydrogen (secondary N) is 1. The van der Waals surface area contributed by atoms with E-state index in [0.29, 0.717) is 23.7 Å². The van der Waals surface area contributed by atoms with Crippen LogP contribution in [0.2, 0.25) is 0 Å². The molecule has 1 aliphatic rings. The fourth-order valence-electron chi connectivity index (χ4n) is 2.27. The normalized spacial score (nSPS) is 28.0. The molecular formula is C12H23NO. The summed E-state index contributed by atoms with van der Waals surface area (Å²) in [5, 5.41) is 3.29. The molecule has 0 unspecified atom stereocenters. The SMILES string of the molecule is CNC1CCC(C(=O)CC(C)C)CC1. The third-order valence-corrected chi connectivity index (χ3v) is 3.20. The predicted molar refractivity (Wildman–Crippen MR) is 59.3 cm³/mol. The molecule has 0 spiro atoms. The molecule has 0 aromatic carbocycles. The third-order valence-electron chi connectivity index (χ3n) is 3.20. The van der Waals surface area contributed by atoms with E-state index in [0.717, 1.165) is 19.3 Å². The number of rotatable bonds is 4. The van der Waals surface area contributed by atoms with Gasteiger partial charge in [-0.15, -0.1) is 0 Å². The predicted octanol–water partition coefficient (Wildman–Crippen LogP) is 2.38. The lowest BCUT2D eigenvalue weighted by Gasteiger charge is -2.27. The molecule has 0 bridgehead atoms. The van der Waals surface area contributed by atoms with Crippen LogP contribution in [0.15, 0.2) is 0 Å². The van der Waals surface area contributed by atoms with Crippen molar-refractivity contribution in [2.75, 3.05) is 7.05 Å². The van der Waals surface area contributed by atoms with E-state index in [1.165, 1.54) is 12.8 Å². The molecule has 82 valence electrons. The third kappa shape index (κ3) is 3.41. The van der Waals surface area contributed by atoms with Crippen LogP contribution < -0.4 is 5.32 Å². The summed E-state index contributed by atoms with van der Waals surface area (Å²) in [6, 6.07) is 0.651. The minimum Gasteiger partial charge on any atom is -0.317 e. The summed E-state index contributed by atoms with van der Waals surface area (Å²) in [6.45, 7) is 4.24. The first-order valence-electron chi connectivity index (χ1n) is 5.83. The van der Waals surface area contributed by atoms with Crippen molar-refractivity contribution < 1.29 is 4.79 Å². The van der Waals surface area contributed by atoms with Gasteiger partial charge in [0.25, 0.3) is 0 Å². The molecule has 0 atom stereocenters. The first-order valence-corrected chi connectivity index (χ1v) is 5.83. The second kappa shape index (κ2) is 5.50. The van der Waals surface area contributed by atoms with Crippen LogP contribution in [-0.2, 0) is 4.79 Å². The maximum absolute atomic E-state index is 11.8. The van der Waals surface area contributed by atoms with Gasteiger partial charge in [-0.2, -0.15) is 0 Å². The summed E-state index contributed by atoms with van der Waals surface area (Å²) in [6.07, 6.45) is 5.30. The lowest BCUT2D eigenvalue weighted by Crippen LogP contribution is -2.32. The summed E-state index contributed by atoms with van der Waals surface area (Å²) in [7, 11) is 2.01. The van der Waals surface area contributed by atoms with Crippen LogP contribution in [0.25, 0.3) is 0 Å². The molecule has 0 aliphatic heterocycles. The quantitative estimate of drug-likeness (QED) is 0.749. The molecule has 1 saturated carbocycles. The van der Waals surface area contributed by atoms with E-state index in [-0.39, 0.29) is 0 Å². The van der Waals surface area contributed by atoms with Crippen molar-refractivity contribution in [3.05, 3.63) is 0 Å². The van der Waals surface area contributed by atoms with Gasteiger partial charge in [-0.05, 0) is 38.6 Å². The molecule has 0 aromatic heterocycles. The zero-order valence-electron chi connectivity index (χ0n) is 9.68. The van der Waals surface area contributed by atoms with Crippen LogP contribution in [0.1, 0.15) is 46.0 Å². The topological polar surface area (TPSA) is 29.1 Å². The van der Waals surface area contributed by atoms with E-state index in [9.17, 15) is 4.79 Å². The number of hydrogen-bond acceptors (Lipinski definition) is 2. The fourth-order valence-corrected chi connectivity index (χ4v) is 2.27. The monoisotopic (exact) mass is 197 g/mol. The van der Waals surface area contributed by atoms with Crippen LogP contribution >= 0.6 is 0 Å². The number of hydrogen-bond donors (Lipinski definition) is 1. The van der Waals surface area contributed by atoms with Gasteiger partial charge in [-0.25, -0.2) is 0 Å². The second-order valence-corrected chi connectivity index (χ2v) is 4.90. The zero-order chi connectivity index (χ0) is 10.6. The molecule has 1 N–H and O–H groups in total. The maximum Gasteiger partial charge on any atom is 0.136 e. The molecular weight excluding hydrogens is 174 g/mol. The van der Waals surface area contributed by atoms with E-state index >= 15 is 0 Å². The van der Waals surface area contributed by atoms with Crippen molar-refractivity contribution in [2.24, 2.45) is 11.8 Å². The second-order valence-electron chi connectivity index (χ2n) is 4.90. The minimum absolute atomic E-state index is 0.363. The number of Topliss-reactive ketones (excluding diaryl/α,β-unsaturated/α-hetero) is 1. The highest BCUT2D eigenvalue weighted by Crippen LogP contribution is 2.26. The van der Waals surface area contributed by atoms with Crippen molar-refractivity contribution in [1.82, 2.24) is 5.32 Å². The summed E-state index contributed by atoms with van der Waals surface area (Å²) < 4.78 is 0. The Hall–Kier alpha value is -0.370. The number of carbonyl (C=O) groups excluding carboxylic acids is 1. The van der Waals surface area contributed by atoms with Crippen molar-refractivity contribution >= 4 is 5.78 Å². The Kier molecular flexibility index (Phi) is 4.59. The largest absolute Gasteiger partial charge is 0.317 e. The Morgan fingerprint density at radius 2 is 1.86 bits per heavy atom. The van der Waals surface area contributed by atoms with Gasteiger partial charge in [0, 0.05) is 18.4 Å². The van der Waals surface area contributed by atoms with Gasteiger partial charge in [0.15, 0.2) is 0 Å². The van der Waals surface area contributed by atoms with Gasteiger partial charge < -0.3 is 5.32 Å². The van der Waals surface area contributed by atoms with Crippen molar-refractivity contribution in [3.8, 4) is 0 Å². The molecule has 2 heteroatoms. The molecule has 1 aliphatic carbocycles.